The van der Waals surface area contributed by atoms with Crippen molar-refractivity contribution in [3.63, 3.8) is 0 Å². The van der Waals surface area contributed by atoms with Gasteiger partial charge in [-0.1, -0.05) is 6.07 Å². The van der Waals surface area contributed by atoms with E-state index < -0.39 is 24.0 Å². The number of carboxylic acid groups (broad SMARTS) is 2. The maximum atomic E-state index is 11.8. The Hall–Kier alpha value is -2.09. The maximum Gasteiger partial charge on any atom is 0.326 e. The average molecular weight is 359 g/mol. The van der Waals surface area contributed by atoms with Crippen molar-refractivity contribution in [3.05, 3.63) is 28.2 Å². The number of amides is 2. The number of benzene rings is 1. The monoisotopic (exact) mass is 358 g/mol. The fourth-order valence-electron chi connectivity index (χ4n) is 1.56. The number of hydrogen-bond donors (Lipinski definition) is 4. The maximum absolute atomic E-state index is 11.8. The van der Waals surface area contributed by atoms with Crippen molar-refractivity contribution in [1.29, 1.82) is 0 Å². The molecule has 0 fully saturated rings. The minimum absolute atomic E-state index is 0.187. The van der Waals surface area contributed by atoms with Gasteiger partial charge >= 0.3 is 18.0 Å². The van der Waals surface area contributed by atoms with Gasteiger partial charge in [0.1, 0.15) is 6.04 Å². The van der Waals surface area contributed by atoms with Gasteiger partial charge in [0.2, 0.25) is 0 Å². The van der Waals surface area contributed by atoms with Gasteiger partial charge in [-0.2, -0.15) is 0 Å². The van der Waals surface area contributed by atoms with Crippen molar-refractivity contribution in [3.8, 4) is 0 Å². The average Bonchev–Trinajstić information content (AvgIpc) is 2.37. The van der Waals surface area contributed by atoms with E-state index in [-0.39, 0.29) is 12.8 Å². The number of nitrogens with one attached hydrogen (secondary N) is 2. The number of carbonyl (C=O) groups is 3. The third kappa shape index (κ3) is 5.82. The van der Waals surface area contributed by atoms with Crippen LogP contribution in [-0.4, -0.2) is 34.2 Å². The normalized spacial score (nSPS) is 11.5. The smallest absolute Gasteiger partial charge is 0.326 e. The Morgan fingerprint density at radius 2 is 1.95 bits per heavy atom. The first-order chi connectivity index (χ1) is 9.79. The number of carbonyl (C=O) groups excluding carboxylic acids is 1. The van der Waals surface area contributed by atoms with Gasteiger partial charge in [0.05, 0.1) is 5.69 Å². The highest BCUT2D eigenvalue weighted by Gasteiger charge is 2.21. The first-order valence-electron chi connectivity index (χ1n) is 6.08. The number of hydrogen-bond acceptors (Lipinski definition) is 3. The van der Waals surface area contributed by atoms with Crippen LogP contribution in [0, 0.1) is 6.92 Å². The molecule has 0 heterocycles. The van der Waals surface area contributed by atoms with E-state index in [9.17, 15) is 14.4 Å². The molecule has 0 aromatic heterocycles. The van der Waals surface area contributed by atoms with Gasteiger partial charge in [-0.3, -0.25) is 4.79 Å². The predicted molar refractivity (Wildman–Crippen MR) is 79.3 cm³/mol. The molecule has 0 bridgehead atoms. The molecule has 0 saturated heterocycles. The third-order valence-corrected chi connectivity index (χ3v) is 3.28. The van der Waals surface area contributed by atoms with Crippen molar-refractivity contribution < 1.29 is 24.6 Å². The molecule has 1 unspecified atom stereocenters. The molecule has 1 rings (SSSR count). The molecule has 1 atom stereocenters. The van der Waals surface area contributed by atoms with Crippen molar-refractivity contribution in [2.24, 2.45) is 0 Å². The lowest BCUT2D eigenvalue weighted by Crippen LogP contribution is -2.43. The Labute approximate surface area is 129 Å². The summed E-state index contributed by atoms with van der Waals surface area (Å²) in [5.74, 6) is -2.40. The minimum Gasteiger partial charge on any atom is -0.481 e. The van der Waals surface area contributed by atoms with Gasteiger partial charge in [-0.15, -0.1) is 0 Å². The van der Waals surface area contributed by atoms with Crippen LogP contribution in [0.15, 0.2) is 22.7 Å². The molecule has 1 aromatic carbocycles. The van der Waals surface area contributed by atoms with E-state index in [0.29, 0.717) is 10.2 Å². The highest BCUT2D eigenvalue weighted by molar-refractivity contribution is 9.10. The molecule has 0 saturated carbocycles. The van der Waals surface area contributed by atoms with Crippen molar-refractivity contribution >= 4 is 39.6 Å². The molecule has 0 aliphatic rings. The summed E-state index contributed by atoms with van der Waals surface area (Å²) in [5.41, 5.74) is 1.48. The van der Waals surface area contributed by atoms with E-state index in [1.807, 2.05) is 6.92 Å². The molecule has 0 radical (unpaired) electrons. The summed E-state index contributed by atoms with van der Waals surface area (Å²) < 4.78 is 0.662. The molecule has 0 aliphatic carbocycles. The van der Waals surface area contributed by atoms with Gasteiger partial charge < -0.3 is 20.8 Å². The van der Waals surface area contributed by atoms with Crippen LogP contribution in [0.25, 0.3) is 0 Å². The standard InChI is InChI=1S/C13H15BrN2O5/c1-7-2-3-9(8(14)6-7)15-13(21)16-10(12(19)20)4-5-11(17)18/h2-3,6,10H,4-5H2,1H3,(H,17,18)(H,19,20)(H2,15,16,21). The highest BCUT2D eigenvalue weighted by Crippen LogP contribution is 2.23. The highest BCUT2D eigenvalue weighted by atomic mass is 79.9. The number of halogens is 1. The summed E-state index contributed by atoms with van der Waals surface area (Å²) in [6.45, 7) is 1.89. The Balaban J connectivity index is 2.65. The van der Waals surface area contributed by atoms with Gasteiger partial charge in [-0.25, -0.2) is 9.59 Å². The van der Waals surface area contributed by atoms with Crippen LogP contribution in [0.5, 0.6) is 0 Å². The van der Waals surface area contributed by atoms with Crippen LogP contribution in [0.1, 0.15) is 18.4 Å². The van der Waals surface area contributed by atoms with Crippen LogP contribution in [0.4, 0.5) is 10.5 Å². The van der Waals surface area contributed by atoms with E-state index in [0.717, 1.165) is 5.56 Å². The molecule has 7 nitrogen and oxygen atoms in total. The summed E-state index contributed by atoms with van der Waals surface area (Å²) in [4.78, 5) is 33.2. The number of aliphatic carboxylic acids is 2. The lowest BCUT2D eigenvalue weighted by atomic mass is 10.1. The van der Waals surface area contributed by atoms with Crippen LogP contribution in [0.3, 0.4) is 0 Å². The van der Waals surface area contributed by atoms with Gasteiger partial charge in [0.15, 0.2) is 0 Å². The summed E-state index contributed by atoms with van der Waals surface area (Å²) >= 11 is 3.28. The fraction of sp³-hybridized carbons (Fsp3) is 0.308. The summed E-state index contributed by atoms with van der Waals surface area (Å²) in [7, 11) is 0. The molecule has 1 aromatic rings. The summed E-state index contributed by atoms with van der Waals surface area (Å²) in [6, 6.07) is 3.29. The molecule has 21 heavy (non-hydrogen) atoms. The van der Waals surface area contributed by atoms with Crippen molar-refractivity contribution in [2.75, 3.05) is 5.32 Å². The summed E-state index contributed by atoms with van der Waals surface area (Å²) in [5, 5.41) is 22.2. The van der Waals surface area contributed by atoms with E-state index in [1.54, 1.807) is 18.2 Å². The molecular formula is C13H15BrN2O5. The van der Waals surface area contributed by atoms with Crippen LogP contribution < -0.4 is 10.6 Å². The second-order valence-corrected chi connectivity index (χ2v) is 5.26. The van der Waals surface area contributed by atoms with Gasteiger partial charge in [0.25, 0.3) is 0 Å². The van der Waals surface area contributed by atoms with Crippen LogP contribution in [-0.2, 0) is 9.59 Å². The van der Waals surface area contributed by atoms with E-state index in [4.69, 9.17) is 10.2 Å². The molecule has 0 spiro atoms. The van der Waals surface area contributed by atoms with E-state index >= 15 is 0 Å². The minimum atomic E-state index is -1.28. The number of aryl methyl sites for hydroxylation is 1. The second kappa shape index (κ2) is 7.63. The van der Waals surface area contributed by atoms with Crippen molar-refractivity contribution in [1.82, 2.24) is 5.32 Å². The topological polar surface area (TPSA) is 116 Å². The number of urea groups is 1. The van der Waals surface area contributed by atoms with Crippen LogP contribution in [0.2, 0.25) is 0 Å². The van der Waals surface area contributed by atoms with E-state index in [1.165, 1.54) is 0 Å². The third-order valence-electron chi connectivity index (χ3n) is 2.62. The molecule has 0 aliphatic heterocycles. The Kier molecular flexibility index (Phi) is 6.16. The zero-order chi connectivity index (χ0) is 16.0. The Morgan fingerprint density at radius 3 is 2.48 bits per heavy atom. The lowest BCUT2D eigenvalue weighted by Gasteiger charge is -2.15. The quantitative estimate of drug-likeness (QED) is 0.622. The van der Waals surface area contributed by atoms with Gasteiger partial charge in [-0.05, 0) is 47.0 Å². The zero-order valence-electron chi connectivity index (χ0n) is 11.2. The van der Waals surface area contributed by atoms with E-state index in [2.05, 4.69) is 26.6 Å². The Bertz CT molecular complexity index is 561. The predicted octanol–water partition coefficient (Wildman–Crippen LogP) is 2.20. The lowest BCUT2D eigenvalue weighted by molar-refractivity contribution is -0.140. The van der Waals surface area contributed by atoms with Crippen molar-refractivity contribution in [2.45, 2.75) is 25.8 Å². The zero-order valence-corrected chi connectivity index (χ0v) is 12.8. The number of carboxylic acids is 2. The first kappa shape index (κ1) is 17.0. The summed E-state index contributed by atoms with van der Waals surface area (Å²) in [6.07, 6.45) is -0.529. The number of anilines is 1. The SMILES string of the molecule is Cc1ccc(NC(=O)NC(CCC(=O)O)C(=O)O)c(Br)c1. The fourth-order valence-corrected chi connectivity index (χ4v) is 2.16. The first-order valence-corrected chi connectivity index (χ1v) is 6.87. The van der Waals surface area contributed by atoms with Crippen LogP contribution >= 0.6 is 15.9 Å². The molecule has 114 valence electrons. The second-order valence-electron chi connectivity index (χ2n) is 4.40. The molecule has 8 heteroatoms. The number of rotatable bonds is 6. The Morgan fingerprint density at radius 1 is 1.29 bits per heavy atom. The van der Waals surface area contributed by atoms with Gasteiger partial charge in [0, 0.05) is 10.9 Å². The molecule has 2 amide bonds. The molecular weight excluding hydrogens is 344 g/mol. The molecule has 4 N–H and O–H groups in total. The largest absolute Gasteiger partial charge is 0.481 e.